The Balaban J connectivity index is 1.83. The lowest BCUT2D eigenvalue weighted by atomic mass is 10.2. The van der Waals surface area contributed by atoms with Crippen molar-refractivity contribution in [3.05, 3.63) is 23.7 Å². The molecule has 0 spiro atoms. The molecule has 102 valence electrons. The molecule has 1 aromatic heterocycles. The quantitative estimate of drug-likeness (QED) is 0.841. The van der Waals surface area contributed by atoms with Crippen LogP contribution in [0.3, 0.4) is 0 Å². The Kier molecular flexibility index (Phi) is 4.84. The first-order valence-electron chi connectivity index (χ1n) is 7.13. The number of hydrogen-bond acceptors (Lipinski definition) is 3. The van der Waals surface area contributed by atoms with Crippen molar-refractivity contribution in [1.29, 1.82) is 0 Å². The number of furan rings is 1. The average molecular weight is 250 g/mol. The molecule has 18 heavy (non-hydrogen) atoms. The summed E-state index contributed by atoms with van der Waals surface area (Å²) >= 11 is 0. The molecule has 1 N–H and O–H groups in total. The Labute approximate surface area is 111 Å². The number of nitrogens with one attached hydrogen (secondary N) is 1. The van der Waals surface area contributed by atoms with Crippen LogP contribution in [0, 0.1) is 11.8 Å². The average Bonchev–Trinajstić information content (AvgIpc) is 2.89. The maximum atomic E-state index is 5.59. The molecular weight excluding hydrogens is 224 g/mol. The van der Waals surface area contributed by atoms with Gasteiger partial charge in [0.2, 0.25) is 0 Å². The van der Waals surface area contributed by atoms with Gasteiger partial charge in [-0.25, -0.2) is 0 Å². The molecule has 1 aliphatic heterocycles. The molecule has 1 aliphatic rings. The highest BCUT2D eigenvalue weighted by Crippen LogP contribution is 2.20. The van der Waals surface area contributed by atoms with Gasteiger partial charge in [-0.3, -0.25) is 4.90 Å². The van der Waals surface area contributed by atoms with E-state index in [0.29, 0.717) is 5.92 Å². The SMILES string of the molecule is CC(C)CNCc1occc1CN1CCC(C)C1. The van der Waals surface area contributed by atoms with Gasteiger partial charge >= 0.3 is 0 Å². The molecule has 0 amide bonds. The van der Waals surface area contributed by atoms with E-state index in [0.717, 1.165) is 31.3 Å². The second-order valence-electron chi connectivity index (χ2n) is 6.02. The van der Waals surface area contributed by atoms with Crippen LogP contribution in [0.15, 0.2) is 16.7 Å². The zero-order chi connectivity index (χ0) is 13.0. The molecule has 1 saturated heterocycles. The first-order valence-corrected chi connectivity index (χ1v) is 7.13. The molecule has 1 unspecified atom stereocenters. The van der Waals surface area contributed by atoms with Crippen molar-refractivity contribution >= 4 is 0 Å². The van der Waals surface area contributed by atoms with Crippen molar-refractivity contribution in [2.45, 2.75) is 40.3 Å². The lowest BCUT2D eigenvalue weighted by Crippen LogP contribution is -2.22. The van der Waals surface area contributed by atoms with Gasteiger partial charge in [-0.15, -0.1) is 0 Å². The van der Waals surface area contributed by atoms with Crippen LogP contribution in [-0.2, 0) is 13.1 Å². The summed E-state index contributed by atoms with van der Waals surface area (Å²) in [4.78, 5) is 2.53. The fourth-order valence-corrected chi connectivity index (χ4v) is 2.55. The Morgan fingerprint density at radius 2 is 2.33 bits per heavy atom. The molecule has 0 aliphatic carbocycles. The second-order valence-corrected chi connectivity index (χ2v) is 6.02. The largest absolute Gasteiger partial charge is 0.468 e. The predicted molar refractivity (Wildman–Crippen MR) is 74.3 cm³/mol. The standard InChI is InChI=1S/C15H26N2O/c1-12(2)8-16-9-15-14(5-7-18-15)11-17-6-4-13(3)10-17/h5,7,12-13,16H,4,6,8-11H2,1-3H3. The lowest BCUT2D eigenvalue weighted by Gasteiger charge is -2.15. The van der Waals surface area contributed by atoms with Crippen molar-refractivity contribution < 1.29 is 4.42 Å². The number of likely N-dealkylation sites (tertiary alicyclic amines) is 1. The number of nitrogens with zero attached hydrogens (tertiary/aromatic N) is 1. The highest BCUT2D eigenvalue weighted by atomic mass is 16.3. The Hall–Kier alpha value is -0.800. The molecule has 2 heterocycles. The monoisotopic (exact) mass is 250 g/mol. The summed E-state index contributed by atoms with van der Waals surface area (Å²) in [6.45, 7) is 12.2. The van der Waals surface area contributed by atoms with Crippen molar-refractivity contribution in [3.8, 4) is 0 Å². The van der Waals surface area contributed by atoms with E-state index in [9.17, 15) is 0 Å². The molecule has 0 bridgehead atoms. The van der Waals surface area contributed by atoms with Crippen LogP contribution in [-0.4, -0.2) is 24.5 Å². The minimum Gasteiger partial charge on any atom is -0.468 e. The van der Waals surface area contributed by atoms with Crippen molar-refractivity contribution in [1.82, 2.24) is 10.2 Å². The molecular formula is C15H26N2O. The first kappa shape index (κ1) is 13.6. The zero-order valence-electron chi connectivity index (χ0n) is 11.9. The van der Waals surface area contributed by atoms with Gasteiger partial charge in [0, 0.05) is 18.7 Å². The summed E-state index contributed by atoms with van der Waals surface area (Å²) < 4.78 is 5.59. The molecule has 0 aromatic carbocycles. The van der Waals surface area contributed by atoms with Crippen LogP contribution in [0.25, 0.3) is 0 Å². The van der Waals surface area contributed by atoms with E-state index >= 15 is 0 Å². The molecule has 3 heteroatoms. The summed E-state index contributed by atoms with van der Waals surface area (Å²) in [6, 6.07) is 2.12. The lowest BCUT2D eigenvalue weighted by molar-refractivity contribution is 0.316. The van der Waals surface area contributed by atoms with Crippen LogP contribution in [0.1, 0.15) is 38.5 Å². The minimum atomic E-state index is 0.683. The van der Waals surface area contributed by atoms with Gasteiger partial charge < -0.3 is 9.73 Å². The molecule has 0 radical (unpaired) electrons. The molecule has 2 rings (SSSR count). The number of hydrogen-bond donors (Lipinski definition) is 1. The molecule has 1 aromatic rings. The fourth-order valence-electron chi connectivity index (χ4n) is 2.55. The van der Waals surface area contributed by atoms with Gasteiger partial charge in [0.05, 0.1) is 12.8 Å². The van der Waals surface area contributed by atoms with Crippen LogP contribution in [0.2, 0.25) is 0 Å². The van der Waals surface area contributed by atoms with E-state index in [1.54, 1.807) is 0 Å². The van der Waals surface area contributed by atoms with Crippen LogP contribution < -0.4 is 5.32 Å². The van der Waals surface area contributed by atoms with Gasteiger partial charge in [-0.1, -0.05) is 20.8 Å². The van der Waals surface area contributed by atoms with Crippen molar-refractivity contribution in [3.63, 3.8) is 0 Å². The Bertz CT molecular complexity index is 359. The normalized spacial score (nSPS) is 21.0. The highest BCUT2D eigenvalue weighted by Gasteiger charge is 2.20. The smallest absolute Gasteiger partial charge is 0.122 e. The topological polar surface area (TPSA) is 28.4 Å². The zero-order valence-corrected chi connectivity index (χ0v) is 11.9. The van der Waals surface area contributed by atoms with Gasteiger partial charge in [-0.05, 0) is 37.4 Å². The Morgan fingerprint density at radius 1 is 1.50 bits per heavy atom. The summed E-state index contributed by atoms with van der Waals surface area (Å²) in [5.74, 6) is 2.64. The molecule has 1 fully saturated rings. The third kappa shape index (κ3) is 3.85. The predicted octanol–water partition coefficient (Wildman–Crippen LogP) is 2.87. The first-order chi connectivity index (χ1) is 8.65. The van der Waals surface area contributed by atoms with Gasteiger partial charge in [0.15, 0.2) is 0 Å². The third-order valence-electron chi connectivity index (χ3n) is 3.58. The summed E-state index contributed by atoms with van der Waals surface area (Å²) in [7, 11) is 0. The summed E-state index contributed by atoms with van der Waals surface area (Å²) in [5.41, 5.74) is 1.35. The van der Waals surface area contributed by atoms with E-state index < -0.39 is 0 Å². The van der Waals surface area contributed by atoms with Gasteiger partial charge in [0.1, 0.15) is 5.76 Å². The van der Waals surface area contributed by atoms with Crippen molar-refractivity contribution in [2.75, 3.05) is 19.6 Å². The van der Waals surface area contributed by atoms with E-state index in [-0.39, 0.29) is 0 Å². The van der Waals surface area contributed by atoms with E-state index in [1.165, 1.54) is 25.1 Å². The van der Waals surface area contributed by atoms with Crippen LogP contribution >= 0.6 is 0 Å². The van der Waals surface area contributed by atoms with Crippen molar-refractivity contribution in [2.24, 2.45) is 11.8 Å². The minimum absolute atomic E-state index is 0.683. The summed E-state index contributed by atoms with van der Waals surface area (Å²) in [6.07, 6.45) is 3.15. The third-order valence-corrected chi connectivity index (χ3v) is 3.58. The van der Waals surface area contributed by atoms with Gasteiger partial charge in [0.25, 0.3) is 0 Å². The van der Waals surface area contributed by atoms with E-state index in [1.807, 2.05) is 6.26 Å². The van der Waals surface area contributed by atoms with Crippen LogP contribution in [0.5, 0.6) is 0 Å². The molecule has 0 saturated carbocycles. The van der Waals surface area contributed by atoms with Gasteiger partial charge in [-0.2, -0.15) is 0 Å². The molecule has 1 atom stereocenters. The highest BCUT2D eigenvalue weighted by molar-refractivity contribution is 5.17. The maximum absolute atomic E-state index is 5.59. The molecule has 3 nitrogen and oxygen atoms in total. The van der Waals surface area contributed by atoms with E-state index in [4.69, 9.17) is 4.42 Å². The van der Waals surface area contributed by atoms with E-state index in [2.05, 4.69) is 37.1 Å². The van der Waals surface area contributed by atoms with Crippen LogP contribution in [0.4, 0.5) is 0 Å². The maximum Gasteiger partial charge on any atom is 0.122 e. The fraction of sp³-hybridized carbons (Fsp3) is 0.733. The number of rotatable bonds is 6. The Morgan fingerprint density at radius 3 is 3.00 bits per heavy atom. The summed E-state index contributed by atoms with van der Waals surface area (Å²) in [5, 5.41) is 3.45. The second kappa shape index (κ2) is 6.39.